The lowest BCUT2D eigenvalue weighted by Gasteiger charge is -2.29. The van der Waals surface area contributed by atoms with Crippen LogP contribution in [0.1, 0.15) is 0 Å². The Morgan fingerprint density at radius 1 is 0.277 bits per heavy atom. The highest BCUT2D eigenvalue weighted by Gasteiger charge is 2.26. The van der Waals surface area contributed by atoms with E-state index < -0.39 is 0 Å². The summed E-state index contributed by atoms with van der Waals surface area (Å²) in [5.74, 6) is 0. The summed E-state index contributed by atoms with van der Waals surface area (Å²) < 4.78 is 11.8. The predicted molar refractivity (Wildman–Crippen MR) is 348 cm³/mol. The molecule has 0 aliphatic carbocycles. The van der Waals surface area contributed by atoms with Gasteiger partial charge in [-0.25, -0.2) is 0 Å². The highest BCUT2D eigenvalue weighted by molar-refractivity contribution is 6.29. The van der Waals surface area contributed by atoms with Gasteiger partial charge in [0.25, 0.3) is 0 Å². The minimum absolute atomic E-state index is 0.858. The zero-order chi connectivity index (χ0) is 54.5. The van der Waals surface area contributed by atoms with Crippen LogP contribution < -0.4 is 9.80 Å². The first-order chi connectivity index (χ1) is 41.2. The van der Waals surface area contributed by atoms with Gasteiger partial charge in [-0.05, 0) is 131 Å². The molecule has 0 bridgehead atoms. The molecule has 17 aromatic rings. The van der Waals surface area contributed by atoms with E-state index in [1.54, 1.807) is 0 Å². The molecule has 0 N–H and O–H groups in total. The Morgan fingerprint density at radius 2 is 0.795 bits per heavy atom. The third-order valence-corrected chi connectivity index (χ3v) is 17.0. The maximum Gasteiger partial charge on any atom is 0.143 e. The SMILES string of the molecule is c1ccc(-c2ccc(N(c3ccc4c(c3)c3c5c(ccc3n4-c3ccccc3)oc3c(-c4ccccc4)cccc35)c3ccccc3-c3cccc(N(c4ccccc4)c4cc5c6ccccc6n6c7ccccc7c(c4)c56)c3)cc2)cc1. The second-order valence-corrected chi connectivity index (χ2v) is 21.6. The molecule has 0 atom stereocenters. The molecule has 5 nitrogen and oxygen atoms in total. The van der Waals surface area contributed by atoms with Crippen molar-refractivity contribution in [3.63, 3.8) is 0 Å². The van der Waals surface area contributed by atoms with Crippen LogP contribution in [-0.4, -0.2) is 8.97 Å². The number of rotatable bonds is 10. The van der Waals surface area contributed by atoms with E-state index in [9.17, 15) is 0 Å². The molecule has 0 fully saturated rings. The summed E-state index contributed by atoms with van der Waals surface area (Å²) in [6, 6.07) is 110. The molecule has 5 heteroatoms. The van der Waals surface area contributed by atoms with Crippen LogP contribution in [0.4, 0.5) is 34.1 Å². The van der Waals surface area contributed by atoms with Crippen LogP contribution in [-0.2, 0) is 0 Å². The largest absolute Gasteiger partial charge is 0.455 e. The molecule has 0 amide bonds. The quantitative estimate of drug-likeness (QED) is 0.137. The van der Waals surface area contributed by atoms with Crippen molar-refractivity contribution < 1.29 is 4.42 Å². The first-order valence-corrected chi connectivity index (χ1v) is 28.4. The molecule has 0 saturated heterocycles. The van der Waals surface area contributed by atoms with E-state index >= 15 is 0 Å². The maximum atomic E-state index is 6.96. The zero-order valence-electron chi connectivity index (χ0n) is 45.1. The summed E-state index contributed by atoms with van der Waals surface area (Å²) in [4.78, 5) is 4.87. The molecule has 0 spiro atoms. The van der Waals surface area contributed by atoms with Crippen LogP contribution in [0.15, 0.2) is 308 Å². The smallest absolute Gasteiger partial charge is 0.143 e. The second-order valence-electron chi connectivity index (χ2n) is 21.6. The number of furan rings is 1. The van der Waals surface area contributed by atoms with Crippen molar-refractivity contribution in [1.29, 1.82) is 0 Å². The normalized spacial score (nSPS) is 11.9. The summed E-state index contributed by atoms with van der Waals surface area (Å²) in [6.07, 6.45) is 0. The van der Waals surface area contributed by atoms with Gasteiger partial charge in [0.2, 0.25) is 0 Å². The van der Waals surface area contributed by atoms with E-state index in [1.807, 2.05) is 0 Å². The Bertz CT molecular complexity index is 5230. The number of hydrogen-bond donors (Lipinski definition) is 0. The average molecular weight is 1060 g/mol. The molecule has 0 radical (unpaired) electrons. The Balaban J connectivity index is 0.881. The fourth-order valence-corrected chi connectivity index (χ4v) is 13.4. The molecule has 388 valence electrons. The van der Waals surface area contributed by atoms with Crippen LogP contribution in [0, 0.1) is 0 Å². The van der Waals surface area contributed by atoms with E-state index in [0.717, 1.165) is 111 Å². The Hall–Kier alpha value is -11.1. The molecular weight excluding hydrogens is 1010 g/mol. The molecule has 13 aromatic carbocycles. The van der Waals surface area contributed by atoms with Crippen LogP contribution in [0.2, 0.25) is 0 Å². The standard InChI is InChI=1S/C78H50N4O/c1-5-21-51(22-6-1)52-39-41-57(42-40-52)80(59-43-44-72-68(48-59)75-73(81(72)56-28-11-4-12-29-56)45-46-74-76(75)65-35-20-34-62(78(65)83-74)53-23-7-2-8-24-53)69-36-16-13-31-61(69)54-25-19-30-58(47-54)79(55-26-9-3-10-27-55)60-49-66-63-32-14-17-37-70(63)82-71-38-18-15-33-64(71)67(50-60)77(66)82/h1-50H. The second kappa shape index (κ2) is 18.7. The van der Waals surface area contributed by atoms with E-state index in [-0.39, 0.29) is 0 Å². The molecule has 0 aliphatic heterocycles. The molecular formula is C78H50N4O. The fraction of sp³-hybridized carbons (Fsp3) is 0. The summed E-state index contributed by atoms with van der Waals surface area (Å²) in [5.41, 5.74) is 21.9. The van der Waals surface area contributed by atoms with Crippen LogP contribution in [0.3, 0.4) is 0 Å². The van der Waals surface area contributed by atoms with Crippen LogP contribution in [0.25, 0.3) is 121 Å². The summed E-state index contributed by atoms with van der Waals surface area (Å²) in [5, 5.41) is 9.45. The lowest BCUT2D eigenvalue weighted by atomic mass is 9.99. The average Bonchev–Trinajstić information content (AvgIpc) is 1.89. The van der Waals surface area contributed by atoms with Gasteiger partial charge in [0, 0.05) is 88.3 Å². The molecule has 17 rings (SSSR count). The fourth-order valence-electron chi connectivity index (χ4n) is 13.4. The number of hydrogen-bond acceptors (Lipinski definition) is 3. The van der Waals surface area contributed by atoms with Crippen molar-refractivity contribution in [2.75, 3.05) is 9.80 Å². The van der Waals surface area contributed by atoms with E-state index in [4.69, 9.17) is 4.42 Å². The number of nitrogens with zero attached hydrogens (tertiary/aromatic N) is 4. The Labute approximate surface area is 478 Å². The maximum absolute atomic E-state index is 6.96. The summed E-state index contributed by atoms with van der Waals surface area (Å²) in [6.45, 7) is 0. The molecule has 0 aliphatic rings. The first kappa shape index (κ1) is 46.7. The summed E-state index contributed by atoms with van der Waals surface area (Å²) >= 11 is 0. The number of fused-ring (bicyclic) bond motifs is 13. The third-order valence-electron chi connectivity index (χ3n) is 17.0. The van der Waals surface area contributed by atoms with Gasteiger partial charge in [-0.15, -0.1) is 0 Å². The molecule has 4 heterocycles. The van der Waals surface area contributed by atoms with E-state index in [0.29, 0.717) is 0 Å². The molecule has 83 heavy (non-hydrogen) atoms. The summed E-state index contributed by atoms with van der Waals surface area (Å²) in [7, 11) is 0. The van der Waals surface area contributed by atoms with Gasteiger partial charge in [-0.2, -0.15) is 0 Å². The Kier molecular flexibility index (Phi) is 10.6. The van der Waals surface area contributed by atoms with Crippen LogP contribution >= 0.6 is 0 Å². The van der Waals surface area contributed by atoms with Crippen molar-refractivity contribution in [3.05, 3.63) is 303 Å². The molecule has 4 aromatic heterocycles. The third kappa shape index (κ3) is 7.35. The number of aromatic nitrogens is 2. The van der Waals surface area contributed by atoms with Crippen molar-refractivity contribution in [3.8, 4) is 39.1 Å². The van der Waals surface area contributed by atoms with Crippen LogP contribution in [0.5, 0.6) is 0 Å². The topological polar surface area (TPSA) is 29.0 Å². The predicted octanol–water partition coefficient (Wildman–Crippen LogP) is 21.8. The lowest BCUT2D eigenvalue weighted by Crippen LogP contribution is -2.12. The highest BCUT2D eigenvalue weighted by atomic mass is 16.3. The minimum atomic E-state index is 0.858. The zero-order valence-corrected chi connectivity index (χ0v) is 45.1. The van der Waals surface area contributed by atoms with Gasteiger partial charge in [0.15, 0.2) is 0 Å². The van der Waals surface area contributed by atoms with Gasteiger partial charge in [0.05, 0.1) is 33.3 Å². The van der Waals surface area contributed by atoms with Gasteiger partial charge in [-0.1, -0.05) is 194 Å². The highest BCUT2D eigenvalue weighted by Crippen LogP contribution is 2.49. The first-order valence-electron chi connectivity index (χ1n) is 28.4. The monoisotopic (exact) mass is 1060 g/mol. The number of anilines is 6. The van der Waals surface area contributed by atoms with E-state index in [1.165, 1.54) is 43.7 Å². The van der Waals surface area contributed by atoms with Crippen molar-refractivity contribution >= 4 is 116 Å². The van der Waals surface area contributed by atoms with Crippen molar-refractivity contribution in [2.24, 2.45) is 0 Å². The lowest BCUT2D eigenvalue weighted by molar-refractivity contribution is 0.670. The Morgan fingerprint density at radius 3 is 1.53 bits per heavy atom. The molecule has 0 saturated carbocycles. The minimum Gasteiger partial charge on any atom is -0.455 e. The van der Waals surface area contributed by atoms with Gasteiger partial charge < -0.3 is 23.2 Å². The van der Waals surface area contributed by atoms with Gasteiger partial charge in [-0.3, -0.25) is 0 Å². The van der Waals surface area contributed by atoms with Gasteiger partial charge >= 0.3 is 0 Å². The van der Waals surface area contributed by atoms with Crippen molar-refractivity contribution in [2.45, 2.75) is 0 Å². The van der Waals surface area contributed by atoms with E-state index in [2.05, 4.69) is 322 Å². The van der Waals surface area contributed by atoms with Crippen molar-refractivity contribution in [1.82, 2.24) is 8.97 Å². The van der Waals surface area contributed by atoms with Gasteiger partial charge in [0.1, 0.15) is 11.2 Å². The molecule has 0 unspecified atom stereocenters. The number of para-hydroxylation sites is 6. The number of benzene rings is 13.